The molecule has 10 heteroatoms. The van der Waals surface area contributed by atoms with E-state index < -0.39 is 29.8 Å². The number of rotatable bonds is 7. The molecular weight excluding hydrogens is 550 g/mol. The molecule has 4 aromatic carbocycles. The van der Waals surface area contributed by atoms with Crippen molar-refractivity contribution < 1.29 is 33.9 Å². The number of benzene rings is 4. The first-order chi connectivity index (χ1) is 20.8. The molecule has 0 aliphatic carbocycles. The van der Waals surface area contributed by atoms with Gasteiger partial charge >= 0.3 is 5.97 Å². The van der Waals surface area contributed by atoms with Crippen LogP contribution in [0, 0.1) is 0 Å². The number of oxime groups is 1. The second kappa shape index (κ2) is 11.2. The number of carbonyl (C=O) groups is 4. The van der Waals surface area contributed by atoms with E-state index in [1.165, 1.54) is 13.0 Å². The van der Waals surface area contributed by atoms with Crippen LogP contribution in [0.4, 0.5) is 5.69 Å². The van der Waals surface area contributed by atoms with Gasteiger partial charge in [0.05, 0.1) is 28.9 Å². The Balaban J connectivity index is 1.18. The molecule has 6 rings (SSSR count). The monoisotopic (exact) mass is 575 g/mol. The maximum atomic E-state index is 13.4. The van der Waals surface area contributed by atoms with Crippen molar-refractivity contribution in [1.82, 2.24) is 4.90 Å². The van der Waals surface area contributed by atoms with Gasteiger partial charge in [0, 0.05) is 30.2 Å². The minimum atomic E-state index is -0.658. The zero-order valence-corrected chi connectivity index (χ0v) is 22.9. The molecule has 1 unspecified atom stereocenters. The molecule has 2 N–H and O–H groups in total. The first-order valence-electron chi connectivity index (χ1n) is 13.5. The van der Waals surface area contributed by atoms with Crippen molar-refractivity contribution in [2.45, 2.75) is 26.0 Å². The number of para-hydroxylation sites is 2. The molecule has 214 valence electrons. The summed E-state index contributed by atoms with van der Waals surface area (Å²) in [6.07, 6.45) is 0.0671. The number of phenols is 1. The molecule has 0 aromatic heterocycles. The Morgan fingerprint density at radius 1 is 0.930 bits per heavy atom. The zero-order chi connectivity index (χ0) is 30.1. The smallest absolute Gasteiger partial charge is 0.308 e. The molecule has 0 bridgehead atoms. The van der Waals surface area contributed by atoms with E-state index in [-0.39, 0.29) is 23.6 Å². The topological polar surface area (TPSA) is 135 Å². The number of imide groups is 1. The summed E-state index contributed by atoms with van der Waals surface area (Å²) < 4.78 is 5.44. The SMILES string of the molecule is CC(=O)Oc1c(CN2C(=O)c3ccccc3C2=O)cccc1C(=O)Nc1ccc(C2=NOC(c3ccccc3O)C2)cc1. The highest BCUT2D eigenvalue weighted by Gasteiger charge is 2.36. The molecule has 2 aliphatic rings. The van der Waals surface area contributed by atoms with Crippen molar-refractivity contribution in [2.75, 3.05) is 5.32 Å². The van der Waals surface area contributed by atoms with Gasteiger partial charge in [0.1, 0.15) is 11.5 Å². The van der Waals surface area contributed by atoms with E-state index in [1.807, 2.05) is 6.07 Å². The minimum Gasteiger partial charge on any atom is -0.508 e. The Morgan fingerprint density at radius 2 is 1.60 bits per heavy atom. The molecule has 0 saturated carbocycles. The van der Waals surface area contributed by atoms with Crippen LogP contribution in [-0.4, -0.2) is 39.4 Å². The average molecular weight is 576 g/mol. The number of nitrogens with zero attached hydrogens (tertiary/aromatic N) is 2. The predicted octanol–water partition coefficient (Wildman–Crippen LogP) is 5.23. The van der Waals surface area contributed by atoms with Crippen LogP contribution in [0.2, 0.25) is 0 Å². The van der Waals surface area contributed by atoms with Crippen molar-refractivity contribution >= 4 is 35.1 Å². The number of anilines is 1. The van der Waals surface area contributed by atoms with Crippen molar-refractivity contribution in [1.29, 1.82) is 0 Å². The summed E-state index contributed by atoms with van der Waals surface area (Å²) in [5.41, 5.74) is 3.59. The predicted molar refractivity (Wildman–Crippen MR) is 156 cm³/mol. The standard InChI is InChI=1S/C33H25N3O7/c1-19(37)42-30-21(18-36-32(40)23-8-2-3-9-24(23)33(36)41)7-6-11-26(30)31(39)34-22-15-13-20(14-16-22)27-17-29(43-35-27)25-10-4-5-12-28(25)38/h2-16,29,38H,17-18H2,1H3,(H,34,39). The number of amides is 3. The summed E-state index contributed by atoms with van der Waals surface area (Å²) in [5.74, 6) is -2.03. The fourth-order valence-corrected chi connectivity index (χ4v) is 5.12. The molecule has 2 aliphatic heterocycles. The Morgan fingerprint density at radius 3 is 2.28 bits per heavy atom. The van der Waals surface area contributed by atoms with Gasteiger partial charge in [-0.25, -0.2) is 0 Å². The van der Waals surface area contributed by atoms with Crippen molar-refractivity contribution in [3.8, 4) is 11.5 Å². The van der Waals surface area contributed by atoms with Crippen LogP contribution in [0.15, 0.2) is 96.2 Å². The maximum Gasteiger partial charge on any atom is 0.308 e. The lowest BCUT2D eigenvalue weighted by molar-refractivity contribution is -0.131. The van der Waals surface area contributed by atoms with Crippen LogP contribution in [0.1, 0.15) is 67.2 Å². The molecule has 0 saturated heterocycles. The highest BCUT2D eigenvalue weighted by Crippen LogP contribution is 2.35. The first kappa shape index (κ1) is 27.4. The Labute approximate surface area is 246 Å². The lowest BCUT2D eigenvalue weighted by Crippen LogP contribution is -2.29. The molecule has 1 atom stereocenters. The van der Waals surface area contributed by atoms with Crippen LogP contribution in [0.5, 0.6) is 11.5 Å². The van der Waals surface area contributed by atoms with E-state index in [1.54, 1.807) is 78.9 Å². The van der Waals surface area contributed by atoms with Gasteiger partial charge in [0.15, 0.2) is 6.10 Å². The Bertz CT molecular complexity index is 1780. The minimum absolute atomic E-state index is 0.0339. The van der Waals surface area contributed by atoms with Crippen LogP contribution in [-0.2, 0) is 16.2 Å². The molecular formula is C33H25N3O7. The van der Waals surface area contributed by atoms with E-state index >= 15 is 0 Å². The number of esters is 1. The van der Waals surface area contributed by atoms with Crippen molar-refractivity contribution in [3.63, 3.8) is 0 Å². The Kier molecular flexibility index (Phi) is 7.17. The number of nitrogens with one attached hydrogen (secondary N) is 1. The van der Waals surface area contributed by atoms with E-state index in [0.717, 1.165) is 10.5 Å². The first-order valence-corrected chi connectivity index (χ1v) is 13.5. The number of ether oxygens (including phenoxy) is 1. The molecule has 0 spiro atoms. The summed E-state index contributed by atoms with van der Waals surface area (Å²) in [4.78, 5) is 57.8. The van der Waals surface area contributed by atoms with E-state index in [0.29, 0.717) is 40.1 Å². The summed E-state index contributed by atoms with van der Waals surface area (Å²) in [6, 6.07) is 25.1. The van der Waals surface area contributed by atoms with Gasteiger partial charge in [0.2, 0.25) is 0 Å². The molecule has 0 radical (unpaired) electrons. The van der Waals surface area contributed by atoms with Crippen LogP contribution >= 0.6 is 0 Å². The maximum absolute atomic E-state index is 13.4. The van der Waals surface area contributed by atoms with Crippen molar-refractivity contribution in [3.05, 3.63) is 124 Å². The number of aromatic hydroxyl groups is 1. The highest BCUT2D eigenvalue weighted by atomic mass is 16.6. The summed E-state index contributed by atoms with van der Waals surface area (Å²) in [6.45, 7) is 1.02. The van der Waals surface area contributed by atoms with E-state index in [4.69, 9.17) is 9.57 Å². The van der Waals surface area contributed by atoms with Gasteiger partial charge in [-0.15, -0.1) is 0 Å². The molecule has 43 heavy (non-hydrogen) atoms. The van der Waals surface area contributed by atoms with Gasteiger partial charge in [-0.05, 0) is 42.0 Å². The summed E-state index contributed by atoms with van der Waals surface area (Å²) >= 11 is 0. The summed E-state index contributed by atoms with van der Waals surface area (Å²) in [5, 5.41) is 17.1. The third-order valence-electron chi connectivity index (χ3n) is 7.22. The largest absolute Gasteiger partial charge is 0.508 e. The third kappa shape index (κ3) is 5.33. The number of phenolic OH excluding ortho intramolecular Hbond substituents is 1. The third-order valence-corrected chi connectivity index (χ3v) is 7.22. The van der Waals surface area contributed by atoms with E-state index in [9.17, 15) is 24.3 Å². The number of hydrogen-bond acceptors (Lipinski definition) is 8. The zero-order valence-electron chi connectivity index (χ0n) is 22.9. The fourth-order valence-electron chi connectivity index (χ4n) is 5.12. The molecule has 0 fully saturated rings. The number of carbonyl (C=O) groups excluding carboxylic acids is 4. The van der Waals surface area contributed by atoms with Crippen LogP contribution in [0.25, 0.3) is 0 Å². The molecule has 4 aromatic rings. The van der Waals surface area contributed by atoms with Gasteiger partial charge in [0.25, 0.3) is 17.7 Å². The Hall–Kier alpha value is -5.77. The second-order valence-corrected chi connectivity index (χ2v) is 10.1. The molecule has 3 amide bonds. The summed E-state index contributed by atoms with van der Waals surface area (Å²) in [7, 11) is 0. The normalized spacial score (nSPS) is 15.5. The average Bonchev–Trinajstić information content (AvgIpc) is 3.58. The highest BCUT2D eigenvalue weighted by molar-refractivity contribution is 6.21. The van der Waals surface area contributed by atoms with Gasteiger partial charge in [-0.1, -0.05) is 59.8 Å². The molecule has 2 heterocycles. The van der Waals surface area contributed by atoms with E-state index in [2.05, 4.69) is 10.5 Å². The number of hydrogen-bond donors (Lipinski definition) is 2. The van der Waals surface area contributed by atoms with Crippen molar-refractivity contribution in [2.24, 2.45) is 5.16 Å². The van der Waals surface area contributed by atoms with Crippen LogP contribution < -0.4 is 10.1 Å². The lowest BCUT2D eigenvalue weighted by atomic mass is 9.99. The molecule has 10 nitrogen and oxygen atoms in total. The van der Waals surface area contributed by atoms with Gasteiger partial charge in [-0.3, -0.25) is 24.1 Å². The van der Waals surface area contributed by atoms with Crippen LogP contribution in [0.3, 0.4) is 0 Å². The quantitative estimate of drug-likeness (QED) is 0.175. The number of fused-ring (bicyclic) bond motifs is 1. The lowest BCUT2D eigenvalue weighted by Gasteiger charge is -2.18. The second-order valence-electron chi connectivity index (χ2n) is 10.1. The van der Waals surface area contributed by atoms with Gasteiger partial charge in [-0.2, -0.15) is 0 Å². The fraction of sp³-hybridized carbons (Fsp3) is 0.121. The van der Waals surface area contributed by atoms with Gasteiger partial charge < -0.3 is 20.0 Å².